The van der Waals surface area contributed by atoms with E-state index >= 15 is 0 Å². The fourth-order valence-corrected chi connectivity index (χ4v) is 0. The van der Waals surface area contributed by atoms with E-state index in [1.54, 1.807) is 0 Å². The first-order valence-electron chi connectivity index (χ1n) is 0.894. The number of rotatable bonds is 0. The average molecular weight is 252 g/mol. The Morgan fingerprint density at radius 1 is 0.857 bits per heavy atom. The molecule has 0 aromatic heterocycles. The van der Waals surface area contributed by atoms with E-state index in [2.05, 4.69) is 0 Å². The molecule has 0 atom stereocenters. The Morgan fingerprint density at radius 3 is 0.857 bits per heavy atom. The molecule has 0 amide bonds. The second-order valence-electron chi connectivity index (χ2n) is 0.600. The molecule has 1 radical (unpaired) electrons. The molecule has 0 aromatic carbocycles. The smallest absolute Gasteiger partial charge is 0.368 e. The summed E-state index contributed by atoms with van der Waals surface area (Å²) < 4.78 is 0. The Bertz CT molecular complexity index is 27.2. The van der Waals surface area contributed by atoms with Gasteiger partial charge in [0.25, 0.3) is 0 Å². The normalized spacial score (nSPS) is 8.57. The van der Waals surface area contributed by atoms with Crippen LogP contribution in [0.2, 0.25) is 0 Å². The minimum atomic E-state index is -4.61. The van der Waals surface area contributed by atoms with E-state index in [4.69, 9.17) is 19.2 Å². The minimum absolute atomic E-state index is 0. The molecule has 43 valence electrons. The van der Waals surface area contributed by atoms with Crippen LogP contribution in [0.5, 0.6) is 0 Å². The predicted molar refractivity (Wildman–Crippen MR) is 19.7 cm³/mol. The van der Waals surface area contributed by atoms with E-state index in [1.165, 1.54) is 0 Å². The van der Waals surface area contributed by atoms with Crippen LogP contribution in [0.3, 0.4) is 0 Å². The standard InChI is InChI=1S/La.H3N.H4O4Si/c;;1-5(2,3)4/h;1H3;1-4H. The first-order chi connectivity index (χ1) is 2.00. The van der Waals surface area contributed by atoms with Gasteiger partial charge in [-0.05, 0) is 0 Å². The van der Waals surface area contributed by atoms with Gasteiger partial charge in [-0.3, -0.25) is 0 Å². The molecular formula is H7LaNO4Si. The quantitative estimate of drug-likeness (QED) is 0.307. The maximum Gasteiger partial charge on any atom is 0.668 e. The van der Waals surface area contributed by atoms with Gasteiger partial charge in [-0.1, -0.05) is 0 Å². The molecule has 0 aliphatic carbocycles. The first kappa shape index (κ1) is 15.7. The van der Waals surface area contributed by atoms with Gasteiger partial charge in [0.1, 0.15) is 0 Å². The molecule has 0 aliphatic heterocycles. The van der Waals surface area contributed by atoms with Gasteiger partial charge in [-0.15, -0.1) is 0 Å². The van der Waals surface area contributed by atoms with Crippen LogP contribution in [0.1, 0.15) is 0 Å². The summed E-state index contributed by atoms with van der Waals surface area (Å²) in [5.41, 5.74) is 0. The number of hydrogen-bond acceptors (Lipinski definition) is 5. The molecule has 5 nitrogen and oxygen atoms in total. The Hall–Kier alpha value is 1.21. The summed E-state index contributed by atoms with van der Waals surface area (Å²) in [7, 11) is -4.61. The molecule has 0 spiro atoms. The van der Waals surface area contributed by atoms with Crippen LogP contribution in [0.4, 0.5) is 0 Å². The zero-order valence-corrected chi connectivity index (χ0v) is 8.20. The van der Waals surface area contributed by atoms with Gasteiger partial charge in [-0.25, -0.2) is 0 Å². The Kier molecular flexibility index (Phi) is 12.0. The van der Waals surface area contributed by atoms with Gasteiger partial charge in [0.2, 0.25) is 0 Å². The van der Waals surface area contributed by atoms with Crippen LogP contribution >= 0.6 is 0 Å². The molecule has 0 unspecified atom stereocenters. The van der Waals surface area contributed by atoms with Crippen molar-refractivity contribution in [2.24, 2.45) is 0 Å². The molecule has 0 aromatic rings. The molecule has 0 saturated heterocycles. The second kappa shape index (κ2) is 5.35. The van der Waals surface area contributed by atoms with Crippen molar-refractivity contribution in [2.75, 3.05) is 0 Å². The third kappa shape index (κ3) is 133. The summed E-state index contributed by atoms with van der Waals surface area (Å²) in [4.78, 5) is 29.3. The molecule has 7 heteroatoms. The summed E-state index contributed by atoms with van der Waals surface area (Å²) in [5.74, 6) is 0. The van der Waals surface area contributed by atoms with E-state index in [0.29, 0.717) is 0 Å². The SMILES string of the molecule is N.O[Si](O)(O)O.[La]. The molecule has 0 bridgehead atoms. The summed E-state index contributed by atoms with van der Waals surface area (Å²) in [6, 6.07) is 0. The van der Waals surface area contributed by atoms with Crippen molar-refractivity contribution in [1.29, 1.82) is 0 Å². The van der Waals surface area contributed by atoms with Crippen LogP contribution in [-0.4, -0.2) is 28.2 Å². The average Bonchev–Trinajstić information content (AvgIpc) is 0.722. The van der Waals surface area contributed by atoms with Crippen molar-refractivity contribution in [3.8, 4) is 0 Å². The molecule has 0 fully saturated rings. The summed E-state index contributed by atoms with van der Waals surface area (Å²) in [5, 5.41) is 0. The van der Waals surface area contributed by atoms with Gasteiger partial charge in [-0.2, -0.15) is 0 Å². The molecule has 0 aliphatic rings. The van der Waals surface area contributed by atoms with Crippen molar-refractivity contribution in [2.45, 2.75) is 0 Å². The van der Waals surface area contributed by atoms with Crippen LogP contribution in [0.25, 0.3) is 0 Å². The van der Waals surface area contributed by atoms with Crippen LogP contribution < -0.4 is 6.15 Å². The Morgan fingerprint density at radius 2 is 0.857 bits per heavy atom. The molecular weight excluding hydrogens is 245 g/mol. The van der Waals surface area contributed by atoms with Crippen molar-refractivity contribution in [1.82, 2.24) is 6.15 Å². The van der Waals surface area contributed by atoms with E-state index in [-0.39, 0.29) is 41.7 Å². The maximum atomic E-state index is 7.33. The first-order valence-corrected chi connectivity index (χ1v) is 2.68. The van der Waals surface area contributed by atoms with E-state index in [1.807, 2.05) is 0 Å². The van der Waals surface area contributed by atoms with Crippen LogP contribution in [-0.2, 0) is 0 Å². The van der Waals surface area contributed by atoms with E-state index in [9.17, 15) is 0 Å². The zero-order chi connectivity index (χ0) is 4.50. The maximum absolute atomic E-state index is 7.33. The Balaban J connectivity index is -0.0000000800. The molecule has 0 saturated carbocycles. The fourth-order valence-electron chi connectivity index (χ4n) is 0. The summed E-state index contributed by atoms with van der Waals surface area (Å²) in [6.45, 7) is 0. The van der Waals surface area contributed by atoms with Crippen molar-refractivity contribution < 1.29 is 54.8 Å². The van der Waals surface area contributed by atoms with E-state index < -0.39 is 9.05 Å². The van der Waals surface area contributed by atoms with E-state index in [0.717, 1.165) is 0 Å². The van der Waals surface area contributed by atoms with Crippen molar-refractivity contribution in [3.63, 3.8) is 0 Å². The zero-order valence-electron chi connectivity index (χ0n) is 3.57. The molecule has 0 rings (SSSR count). The van der Waals surface area contributed by atoms with Gasteiger partial charge in [0.05, 0.1) is 0 Å². The van der Waals surface area contributed by atoms with Gasteiger partial charge in [0, 0.05) is 35.6 Å². The monoisotopic (exact) mass is 252 g/mol. The summed E-state index contributed by atoms with van der Waals surface area (Å²) >= 11 is 0. The van der Waals surface area contributed by atoms with Crippen LogP contribution in [0, 0.1) is 35.6 Å². The number of hydrogen-bond donors (Lipinski definition) is 5. The third-order valence-corrected chi connectivity index (χ3v) is 0. The minimum Gasteiger partial charge on any atom is -0.368 e. The molecule has 7 heavy (non-hydrogen) atoms. The molecule has 7 N–H and O–H groups in total. The van der Waals surface area contributed by atoms with Gasteiger partial charge >= 0.3 is 9.05 Å². The molecule has 0 heterocycles. The van der Waals surface area contributed by atoms with Crippen LogP contribution in [0.15, 0.2) is 0 Å². The second-order valence-corrected chi connectivity index (χ2v) is 1.80. The van der Waals surface area contributed by atoms with Gasteiger partial charge in [0.15, 0.2) is 0 Å². The van der Waals surface area contributed by atoms with Crippen molar-refractivity contribution >= 4 is 9.05 Å². The third-order valence-electron chi connectivity index (χ3n) is 0. The largest absolute Gasteiger partial charge is 0.668 e. The summed E-state index contributed by atoms with van der Waals surface area (Å²) in [6.07, 6.45) is 0. The van der Waals surface area contributed by atoms with Crippen molar-refractivity contribution in [3.05, 3.63) is 0 Å². The predicted octanol–water partition coefficient (Wildman–Crippen LogP) is -2.45. The topological polar surface area (TPSA) is 116 Å². The van der Waals surface area contributed by atoms with Gasteiger partial charge < -0.3 is 25.3 Å². The fraction of sp³-hybridized carbons (Fsp3) is 0. The Labute approximate surface area is 69.7 Å².